The van der Waals surface area contributed by atoms with E-state index in [0.29, 0.717) is 5.71 Å². The molecule has 0 radical (unpaired) electrons. The molecule has 0 bridgehead atoms. The van der Waals surface area contributed by atoms with Gasteiger partial charge in [0.2, 0.25) is 0 Å². The molecule has 0 aliphatic rings. The summed E-state index contributed by atoms with van der Waals surface area (Å²) in [5, 5.41) is 0. The van der Waals surface area contributed by atoms with Crippen LogP contribution in [0.4, 0.5) is 4.39 Å². The summed E-state index contributed by atoms with van der Waals surface area (Å²) in [6, 6.07) is 9.86. The molecule has 1 aromatic heterocycles. The Morgan fingerprint density at radius 3 is 2.41 bits per heavy atom. The zero-order chi connectivity index (χ0) is 16.3. The van der Waals surface area contributed by atoms with Crippen molar-refractivity contribution in [1.29, 1.82) is 0 Å². The lowest BCUT2D eigenvalue weighted by Crippen LogP contribution is -2.26. The number of benzene rings is 1. The van der Waals surface area contributed by atoms with E-state index in [4.69, 9.17) is 0 Å². The average molecular weight is 318 g/mol. The molecule has 0 spiro atoms. The third-order valence-corrected chi connectivity index (χ3v) is 4.55. The fourth-order valence-electron chi connectivity index (χ4n) is 1.75. The third-order valence-electron chi connectivity index (χ3n) is 3.06. The lowest BCUT2D eigenvalue weighted by atomic mass is 10.1. The van der Waals surface area contributed by atoms with Crippen LogP contribution in [0.1, 0.15) is 33.3 Å². The van der Waals surface area contributed by atoms with Crippen LogP contribution in [0.3, 0.4) is 0 Å². The molecule has 0 aliphatic heterocycles. The molecule has 2 rings (SSSR count). The molecule has 0 fully saturated rings. The van der Waals surface area contributed by atoms with Gasteiger partial charge in [0.1, 0.15) is 21.9 Å². The van der Waals surface area contributed by atoms with Crippen LogP contribution in [0.25, 0.3) is 11.3 Å². The van der Waals surface area contributed by atoms with E-state index >= 15 is 0 Å². The Labute approximate surface area is 133 Å². The van der Waals surface area contributed by atoms with Crippen LogP contribution in [-0.4, -0.2) is 20.0 Å². The second kappa shape index (κ2) is 6.58. The van der Waals surface area contributed by atoms with Crippen LogP contribution in [0, 0.1) is 5.82 Å². The monoisotopic (exact) mass is 318 g/mol. The van der Waals surface area contributed by atoms with Gasteiger partial charge in [0, 0.05) is 17.3 Å². The van der Waals surface area contributed by atoms with E-state index in [9.17, 15) is 8.94 Å². The van der Waals surface area contributed by atoms with Crippen LogP contribution in [0.15, 0.2) is 47.0 Å². The summed E-state index contributed by atoms with van der Waals surface area (Å²) in [6.07, 6.45) is 1.67. The Hall–Kier alpha value is -1.72. The molecular weight excluding hydrogens is 299 g/mol. The maximum atomic E-state index is 13.0. The molecule has 116 valence electrons. The van der Waals surface area contributed by atoms with Gasteiger partial charge in [-0.2, -0.15) is 0 Å². The minimum absolute atomic E-state index is 0.279. The van der Waals surface area contributed by atoms with Gasteiger partial charge in [0.15, 0.2) is 0 Å². The van der Waals surface area contributed by atoms with Crippen molar-refractivity contribution in [1.82, 2.24) is 4.98 Å². The van der Waals surface area contributed by atoms with Gasteiger partial charge in [-0.1, -0.05) is 4.40 Å². The summed E-state index contributed by atoms with van der Waals surface area (Å²) in [7, 11) is 0. The van der Waals surface area contributed by atoms with Crippen LogP contribution in [0.2, 0.25) is 0 Å². The van der Waals surface area contributed by atoms with E-state index in [1.165, 1.54) is 12.1 Å². The van der Waals surface area contributed by atoms with Crippen molar-refractivity contribution in [3.63, 3.8) is 0 Å². The van der Waals surface area contributed by atoms with Crippen molar-refractivity contribution in [2.45, 2.75) is 32.4 Å². The number of aromatic nitrogens is 1. The number of hydrogen-bond donors (Lipinski definition) is 0. The van der Waals surface area contributed by atoms with Crippen LogP contribution >= 0.6 is 0 Å². The molecule has 3 nitrogen and oxygen atoms in total. The number of hydrogen-bond acceptors (Lipinski definition) is 3. The molecule has 0 saturated carbocycles. The normalized spacial score (nSPS) is 14.0. The first-order chi connectivity index (χ1) is 10.3. The SMILES string of the molecule is C/C(=N/[S+]([O-])C(C)(C)C)c1ccnc(-c2ccc(F)cc2)c1. The highest BCUT2D eigenvalue weighted by Crippen LogP contribution is 2.21. The molecule has 0 saturated heterocycles. The smallest absolute Gasteiger partial charge is 0.144 e. The lowest BCUT2D eigenvalue weighted by molar-refractivity contribution is 0.561. The highest BCUT2D eigenvalue weighted by molar-refractivity contribution is 7.91. The minimum atomic E-state index is -1.30. The Morgan fingerprint density at radius 1 is 1.18 bits per heavy atom. The first-order valence-electron chi connectivity index (χ1n) is 6.97. The van der Waals surface area contributed by atoms with Crippen molar-refractivity contribution in [3.05, 3.63) is 54.0 Å². The molecule has 0 aliphatic carbocycles. The summed E-state index contributed by atoms with van der Waals surface area (Å²) >= 11 is -1.30. The summed E-state index contributed by atoms with van der Waals surface area (Å²) in [5.41, 5.74) is 3.10. The van der Waals surface area contributed by atoms with Crippen molar-refractivity contribution < 1.29 is 8.94 Å². The molecular formula is C17H19FN2OS. The lowest BCUT2D eigenvalue weighted by Gasteiger charge is -2.18. The van der Waals surface area contributed by atoms with Crippen LogP contribution in [-0.2, 0) is 11.4 Å². The summed E-state index contributed by atoms with van der Waals surface area (Å²) in [4.78, 5) is 4.30. The first-order valence-corrected chi connectivity index (χ1v) is 8.08. The highest BCUT2D eigenvalue weighted by atomic mass is 32.2. The van der Waals surface area contributed by atoms with E-state index in [2.05, 4.69) is 9.38 Å². The van der Waals surface area contributed by atoms with E-state index in [1.54, 1.807) is 18.3 Å². The number of nitrogens with zero attached hydrogens (tertiary/aromatic N) is 2. The molecule has 1 aromatic carbocycles. The molecule has 5 heteroatoms. The number of halogens is 1. The molecule has 2 aromatic rings. The molecule has 22 heavy (non-hydrogen) atoms. The zero-order valence-corrected chi connectivity index (χ0v) is 13.9. The summed E-state index contributed by atoms with van der Waals surface area (Å²) < 4.78 is 29.0. The Morgan fingerprint density at radius 2 is 1.82 bits per heavy atom. The number of rotatable bonds is 3. The van der Waals surface area contributed by atoms with Gasteiger partial charge < -0.3 is 4.55 Å². The van der Waals surface area contributed by atoms with Crippen LogP contribution in [0.5, 0.6) is 0 Å². The van der Waals surface area contributed by atoms with Gasteiger partial charge in [-0.05, 0) is 64.1 Å². The van der Waals surface area contributed by atoms with Gasteiger partial charge in [0.05, 0.1) is 11.4 Å². The quantitative estimate of drug-likeness (QED) is 0.630. The molecule has 1 atom stereocenters. The van der Waals surface area contributed by atoms with E-state index in [0.717, 1.165) is 16.8 Å². The zero-order valence-electron chi connectivity index (χ0n) is 13.1. The maximum absolute atomic E-state index is 13.0. The van der Waals surface area contributed by atoms with Gasteiger partial charge in [-0.3, -0.25) is 4.98 Å². The van der Waals surface area contributed by atoms with Crippen molar-refractivity contribution in [3.8, 4) is 11.3 Å². The standard InChI is InChI=1S/C17H19FN2OS/c1-12(20-22(21)17(2,3)4)14-9-10-19-16(11-14)13-5-7-15(18)8-6-13/h5-11H,1-4H3/b20-12-. The van der Waals surface area contributed by atoms with Gasteiger partial charge in [0.25, 0.3) is 0 Å². The van der Waals surface area contributed by atoms with E-state index in [-0.39, 0.29) is 5.82 Å². The summed E-state index contributed by atoms with van der Waals surface area (Å²) in [5.74, 6) is -0.279. The second-order valence-electron chi connectivity index (χ2n) is 5.97. The minimum Gasteiger partial charge on any atom is -0.591 e. The molecule has 1 unspecified atom stereocenters. The van der Waals surface area contributed by atoms with Crippen LogP contribution < -0.4 is 0 Å². The van der Waals surface area contributed by atoms with E-state index < -0.39 is 16.1 Å². The average Bonchev–Trinajstić information content (AvgIpc) is 2.47. The fraction of sp³-hybridized carbons (Fsp3) is 0.294. The highest BCUT2D eigenvalue weighted by Gasteiger charge is 2.26. The third kappa shape index (κ3) is 4.15. The Kier molecular flexibility index (Phi) is 4.98. The topological polar surface area (TPSA) is 48.3 Å². The van der Waals surface area contributed by atoms with Crippen molar-refractivity contribution in [2.24, 2.45) is 4.40 Å². The predicted octanol–water partition coefficient (Wildman–Crippen LogP) is 4.16. The molecule has 0 N–H and O–H groups in total. The van der Waals surface area contributed by atoms with Crippen molar-refractivity contribution >= 4 is 17.1 Å². The predicted molar refractivity (Wildman–Crippen MR) is 89.7 cm³/mol. The first kappa shape index (κ1) is 16.6. The van der Waals surface area contributed by atoms with Gasteiger partial charge in [-0.15, -0.1) is 0 Å². The Balaban J connectivity index is 2.32. The molecule has 0 amide bonds. The molecule has 1 heterocycles. The van der Waals surface area contributed by atoms with Gasteiger partial charge >= 0.3 is 0 Å². The fourth-order valence-corrected chi connectivity index (χ4v) is 2.38. The Bertz CT molecular complexity index is 678. The largest absolute Gasteiger partial charge is 0.591 e. The number of pyridine rings is 1. The maximum Gasteiger partial charge on any atom is 0.144 e. The summed E-state index contributed by atoms with van der Waals surface area (Å²) in [6.45, 7) is 7.48. The van der Waals surface area contributed by atoms with Gasteiger partial charge in [-0.25, -0.2) is 4.39 Å². The van der Waals surface area contributed by atoms with E-state index in [1.807, 2.05) is 39.8 Å². The van der Waals surface area contributed by atoms with Crippen molar-refractivity contribution in [2.75, 3.05) is 0 Å². The second-order valence-corrected chi connectivity index (χ2v) is 7.88.